The average Bonchev–Trinajstić information content (AvgIpc) is 1.87. The minimum absolute atomic E-state index is 0.0434. The van der Waals surface area contributed by atoms with Gasteiger partial charge in [0.1, 0.15) is 0 Å². The summed E-state index contributed by atoms with van der Waals surface area (Å²) in [6.07, 6.45) is 0. The highest BCUT2D eigenvalue weighted by molar-refractivity contribution is 8.13. The lowest BCUT2D eigenvalue weighted by Crippen LogP contribution is -2.18. The number of carbonyl (C=O) groups excluding carboxylic acids is 1. The first-order chi connectivity index (χ1) is 4.66. The Morgan fingerprint density at radius 2 is 2.20 bits per heavy atom. The van der Waals surface area contributed by atoms with E-state index in [2.05, 4.69) is 10.2 Å². The Morgan fingerprint density at radius 3 is 2.60 bits per heavy atom. The van der Waals surface area contributed by atoms with Crippen molar-refractivity contribution in [1.29, 1.82) is 0 Å². The van der Waals surface area contributed by atoms with E-state index in [4.69, 9.17) is 0 Å². The molecule has 0 rings (SSSR count). The van der Waals surface area contributed by atoms with Gasteiger partial charge in [0.05, 0.1) is 0 Å². The van der Waals surface area contributed by atoms with Crippen LogP contribution in [-0.4, -0.2) is 43.6 Å². The third-order valence-corrected chi connectivity index (χ3v) is 1.83. The predicted molar refractivity (Wildman–Crippen MR) is 45.5 cm³/mol. The number of amides is 1. The Bertz CT molecular complexity index is 106. The van der Waals surface area contributed by atoms with Crippen LogP contribution in [0.15, 0.2) is 0 Å². The van der Waals surface area contributed by atoms with Crippen LogP contribution in [0.25, 0.3) is 0 Å². The second-order valence-corrected chi connectivity index (χ2v) is 3.26. The molecule has 0 heterocycles. The van der Waals surface area contributed by atoms with Gasteiger partial charge < -0.3 is 10.2 Å². The molecule has 1 N–H and O–H groups in total. The summed E-state index contributed by atoms with van der Waals surface area (Å²) < 4.78 is 0. The van der Waals surface area contributed by atoms with Gasteiger partial charge in [-0.3, -0.25) is 4.79 Å². The van der Waals surface area contributed by atoms with Gasteiger partial charge in [0.15, 0.2) is 0 Å². The molecule has 0 saturated carbocycles. The summed E-state index contributed by atoms with van der Waals surface area (Å²) in [5.74, 6) is 0.854. The Labute approximate surface area is 66.2 Å². The van der Waals surface area contributed by atoms with Crippen LogP contribution in [0.2, 0.25) is 0 Å². The predicted octanol–water partition coefficient (Wildman–Crippen LogP) is 0.621. The number of hydrogen-bond donors (Lipinski definition) is 1. The largest absolute Gasteiger partial charge is 0.350 e. The quantitative estimate of drug-likeness (QED) is 0.660. The Morgan fingerprint density at radius 1 is 1.60 bits per heavy atom. The van der Waals surface area contributed by atoms with Crippen molar-refractivity contribution < 1.29 is 4.79 Å². The van der Waals surface area contributed by atoms with Crippen molar-refractivity contribution in [3.8, 4) is 0 Å². The lowest BCUT2D eigenvalue weighted by molar-refractivity contribution is 0.262. The zero-order valence-electron chi connectivity index (χ0n) is 6.68. The summed E-state index contributed by atoms with van der Waals surface area (Å²) in [5, 5.41) is 2.59. The maximum absolute atomic E-state index is 10.6. The fraction of sp³-hybridized carbons (Fsp3) is 0.833. The maximum atomic E-state index is 10.6. The van der Waals surface area contributed by atoms with Crippen LogP contribution in [0.1, 0.15) is 0 Å². The molecule has 0 aliphatic rings. The van der Waals surface area contributed by atoms with Crippen molar-refractivity contribution >= 4 is 17.0 Å². The van der Waals surface area contributed by atoms with E-state index in [1.165, 1.54) is 11.8 Å². The Balaban J connectivity index is 3.12. The van der Waals surface area contributed by atoms with Crippen LogP contribution in [-0.2, 0) is 0 Å². The molecule has 0 aliphatic carbocycles. The lowest BCUT2D eigenvalue weighted by atomic mass is 10.7. The number of hydrogen-bond acceptors (Lipinski definition) is 3. The molecule has 0 fully saturated rings. The van der Waals surface area contributed by atoms with Gasteiger partial charge in [0, 0.05) is 19.3 Å². The minimum Gasteiger partial charge on any atom is -0.350 e. The van der Waals surface area contributed by atoms with Crippen molar-refractivity contribution in [2.45, 2.75) is 0 Å². The van der Waals surface area contributed by atoms with E-state index in [0.29, 0.717) is 0 Å². The standard InChI is InChI=1S/C6H14N2OS/c1-7-6(9)10-5-4-8(2)3/h4-5H2,1-3H3,(H,7,9). The first-order valence-electron chi connectivity index (χ1n) is 3.16. The highest BCUT2D eigenvalue weighted by atomic mass is 32.2. The second-order valence-electron chi connectivity index (χ2n) is 2.19. The molecule has 4 heteroatoms. The first-order valence-corrected chi connectivity index (χ1v) is 4.14. The van der Waals surface area contributed by atoms with Gasteiger partial charge in [-0.2, -0.15) is 0 Å². The minimum atomic E-state index is 0.0434. The van der Waals surface area contributed by atoms with Crippen LogP contribution >= 0.6 is 11.8 Å². The van der Waals surface area contributed by atoms with E-state index >= 15 is 0 Å². The van der Waals surface area contributed by atoms with Gasteiger partial charge in [0.25, 0.3) is 5.24 Å². The summed E-state index contributed by atoms with van der Waals surface area (Å²) in [6.45, 7) is 0.943. The number of nitrogens with zero attached hydrogens (tertiary/aromatic N) is 1. The third kappa shape index (κ3) is 5.91. The summed E-state index contributed by atoms with van der Waals surface area (Å²) in [5.41, 5.74) is 0. The van der Waals surface area contributed by atoms with E-state index in [9.17, 15) is 4.79 Å². The van der Waals surface area contributed by atoms with Crippen LogP contribution in [0.3, 0.4) is 0 Å². The zero-order valence-corrected chi connectivity index (χ0v) is 7.49. The third-order valence-electron chi connectivity index (χ3n) is 0.976. The molecule has 3 nitrogen and oxygen atoms in total. The molecule has 10 heavy (non-hydrogen) atoms. The van der Waals surface area contributed by atoms with E-state index < -0.39 is 0 Å². The highest BCUT2D eigenvalue weighted by Crippen LogP contribution is 1.99. The summed E-state index contributed by atoms with van der Waals surface area (Å²) >= 11 is 1.31. The molecule has 0 radical (unpaired) electrons. The molecule has 0 aliphatic heterocycles. The van der Waals surface area contributed by atoms with E-state index in [-0.39, 0.29) is 5.24 Å². The van der Waals surface area contributed by atoms with Gasteiger partial charge >= 0.3 is 0 Å². The molecule has 0 atom stereocenters. The fourth-order valence-electron chi connectivity index (χ4n) is 0.393. The van der Waals surface area contributed by atoms with Gasteiger partial charge in [-0.15, -0.1) is 0 Å². The average molecular weight is 162 g/mol. The van der Waals surface area contributed by atoms with Crippen molar-refractivity contribution in [1.82, 2.24) is 10.2 Å². The van der Waals surface area contributed by atoms with Crippen molar-refractivity contribution in [3.63, 3.8) is 0 Å². The zero-order chi connectivity index (χ0) is 7.98. The van der Waals surface area contributed by atoms with Crippen LogP contribution in [0.5, 0.6) is 0 Å². The molecule has 0 aromatic heterocycles. The molecular formula is C6H14N2OS. The summed E-state index contributed by atoms with van der Waals surface area (Å²) in [7, 11) is 5.62. The molecule has 0 spiro atoms. The molecule has 0 aromatic rings. The molecule has 60 valence electrons. The van der Waals surface area contributed by atoms with E-state index in [0.717, 1.165) is 12.3 Å². The van der Waals surface area contributed by atoms with Gasteiger partial charge in [-0.25, -0.2) is 0 Å². The maximum Gasteiger partial charge on any atom is 0.278 e. The molecule has 0 unspecified atom stereocenters. The smallest absolute Gasteiger partial charge is 0.278 e. The van der Waals surface area contributed by atoms with Crippen molar-refractivity contribution in [2.24, 2.45) is 0 Å². The number of rotatable bonds is 3. The van der Waals surface area contributed by atoms with E-state index in [1.54, 1.807) is 7.05 Å². The Hall–Kier alpha value is -0.220. The van der Waals surface area contributed by atoms with Gasteiger partial charge in [-0.05, 0) is 14.1 Å². The SMILES string of the molecule is CNC(=O)SCCN(C)C. The monoisotopic (exact) mass is 162 g/mol. The summed E-state index contributed by atoms with van der Waals surface area (Å²) in [4.78, 5) is 12.7. The number of carbonyl (C=O) groups is 1. The molecule has 0 bridgehead atoms. The van der Waals surface area contributed by atoms with Crippen LogP contribution in [0.4, 0.5) is 4.79 Å². The van der Waals surface area contributed by atoms with Crippen molar-refractivity contribution in [2.75, 3.05) is 33.4 Å². The topological polar surface area (TPSA) is 32.3 Å². The van der Waals surface area contributed by atoms with Gasteiger partial charge in [0.2, 0.25) is 0 Å². The first kappa shape index (κ1) is 9.78. The molecule has 0 aromatic carbocycles. The van der Waals surface area contributed by atoms with Gasteiger partial charge in [-0.1, -0.05) is 11.8 Å². The van der Waals surface area contributed by atoms with Crippen molar-refractivity contribution in [3.05, 3.63) is 0 Å². The highest BCUT2D eigenvalue weighted by Gasteiger charge is 1.97. The number of thioether (sulfide) groups is 1. The number of nitrogens with one attached hydrogen (secondary N) is 1. The van der Waals surface area contributed by atoms with Crippen LogP contribution < -0.4 is 5.32 Å². The molecule has 1 amide bonds. The van der Waals surface area contributed by atoms with E-state index in [1.807, 2.05) is 14.1 Å². The lowest BCUT2D eigenvalue weighted by Gasteiger charge is -2.07. The Kier molecular flexibility index (Phi) is 5.43. The fourth-order valence-corrected chi connectivity index (χ4v) is 1.18. The molecule has 0 saturated heterocycles. The van der Waals surface area contributed by atoms with Crippen LogP contribution in [0, 0.1) is 0 Å². The normalized spacial score (nSPS) is 10.0. The summed E-state index contributed by atoms with van der Waals surface area (Å²) in [6, 6.07) is 0. The second kappa shape index (κ2) is 5.56. The molecular weight excluding hydrogens is 148 g/mol.